The van der Waals surface area contributed by atoms with E-state index in [0.29, 0.717) is 29.1 Å². The molecule has 0 unspecified atom stereocenters. The van der Waals surface area contributed by atoms with Crippen LogP contribution in [0.5, 0.6) is 0 Å². The van der Waals surface area contributed by atoms with Gasteiger partial charge in [-0.1, -0.05) is 30.3 Å². The van der Waals surface area contributed by atoms with Crippen LogP contribution in [0, 0.1) is 5.82 Å². The van der Waals surface area contributed by atoms with Gasteiger partial charge in [0.2, 0.25) is 5.28 Å². The molecule has 1 aliphatic heterocycles. The molecule has 1 amide bonds. The molecule has 0 atom stereocenters. The molecule has 0 fully saturated rings. The van der Waals surface area contributed by atoms with Crippen molar-refractivity contribution < 1.29 is 18.7 Å². The van der Waals surface area contributed by atoms with E-state index < -0.39 is 11.9 Å². The number of carbonyl (C=O) groups excluding carboxylic acids is 1. The van der Waals surface area contributed by atoms with Gasteiger partial charge in [0.1, 0.15) is 12.4 Å². The molecule has 2 aromatic rings. The second-order valence-corrected chi connectivity index (χ2v) is 6.70. The number of fused-ring (bicyclic) bond motifs is 1. The van der Waals surface area contributed by atoms with E-state index in [9.17, 15) is 9.18 Å². The number of carbonyl (C=O) groups is 1. The molecule has 0 spiro atoms. The first kappa shape index (κ1) is 19.7. The van der Waals surface area contributed by atoms with Gasteiger partial charge in [-0.3, -0.25) is 5.32 Å². The van der Waals surface area contributed by atoms with Crippen LogP contribution in [0.25, 0.3) is 0 Å². The monoisotopic (exact) mass is 426 g/mol. The van der Waals surface area contributed by atoms with Gasteiger partial charge in [-0.2, -0.15) is 4.98 Å². The number of amides is 1. The van der Waals surface area contributed by atoms with E-state index in [2.05, 4.69) is 20.6 Å². The molecule has 2 heterocycles. The van der Waals surface area contributed by atoms with Crippen molar-refractivity contribution in [3.63, 3.8) is 0 Å². The van der Waals surface area contributed by atoms with Gasteiger partial charge in [-0.25, -0.2) is 14.2 Å². The van der Waals surface area contributed by atoms with Gasteiger partial charge in [0.15, 0.2) is 11.6 Å². The molecule has 2 aliphatic rings. The largest absolute Gasteiger partial charge is 0.465 e. The highest BCUT2D eigenvalue weighted by atomic mass is 35.5. The van der Waals surface area contributed by atoms with Crippen LogP contribution >= 0.6 is 11.6 Å². The number of nitrogens with zero attached hydrogens (tertiary/aromatic N) is 2. The average Bonchev–Trinajstić information content (AvgIpc) is 2.76. The third-order valence-electron chi connectivity index (χ3n) is 4.30. The lowest BCUT2D eigenvalue weighted by Crippen LogP contribution is -2.26. The SMILES string of the molecule is O=C(NC1=C2CC(Nc3nc(Cl)ncc3F)=CC=C2OC=C1)OCc1ccccc1. The first-order valence-corrected chi connectivity index (χ1v) is 9.36. The minimum absolute atomic E-state index is 0.0391. The standard InChI is InChI=1S/C21H16ClFN4O3/c22-20-24-11-16(23)19(27-20)25-14-6-7-18-15(10-14)17(8-9-29-18)26-21(28)30-12-13-4-2-1-3-5-13/h1-9,11H,10,12H2,(H,26,28)(H,24,25,27). The lowest BCUT2D eigenvalue weighted by Gasteiger charge is -2.24. The van der Waals surface area contributed by atoms with Crippen molar-refractivity contribution in [3.8, 4) is 0 Å². The summed E-state index contributed by atoms with van der Waals surface area (Å²) in [7, 11) is 0. The summed E-state index contributed by atoms with van der Waals surface area (Å²) in [6, 6.07) is 9.37. The normalized spacial score (nSPS) is 14.9. The fourth-order valence-electron chi connectivity index (χ4n) is 2.89. The molecule has 152 valence electrons. The molecule has 0 radical (unpaired) electrons. The first-order chi connectivity index (χ1) is 14.6. The molecular weight excluding hydrogens is 411 g/mol. The van der Waals surface area contributed by atoms with Crippen molar-refractivity contribution in [1.82, 2.24) is 15.3 Å². The van der Waals surface area contributed by atoms with Gasteiger partial charge in [-0.05, 0) is 35.4 Å². The number of ether oxygens (including phenoxy) is 2. The predicted molar refractivity (Wildman–Crippen MR) is 108 cm³/mol. The summed E-state index contributed by atoms with van der Waals surface area (Å²) in [4.78, 5) is 19.7. The third kappa shape index (κ3) is 4.66. The van der Waals surface area contributed by atoms with Crippen LogP contribution in [0.15, 0.2) is 83.7 Å². The summed E-state index contributed by atoms with van der Waals surface area (Å²) in [5.74, 6) is -0.1000. The van der Waals surface area contributed by atoms with Gasteiger partial charge in [0.25, 0.3) is 0 Å². The van der Waals surface area contributed by atoms with E-state index in [1.54, 1.807) is 18.2 Å². The molecule has 2 N–H and O–H groups in total. The van der Waals surface area contributed by atoms with E-state index in [-0.39, 0.29) is 17.7 Å². The van der Waals surface area contributed by atoms with Gasteiger partial charge in [0, 0.05) is 17.7 Å². The Kier molecular flexibility index (Phi) is 5.76. The maximum Gasteiger partial charge on any atom is 0.411 e. The smallest absolute Gasteiger partial charge is 0.411 e. The van der Waals surface area contributed by atoms with Crippen LogP contribution in [0.4, 0.5) is 15.0 Å². The number of hydrogen-bond acceptors (Lipinski definition) is 6. The molecule has 1 aromatic carbocycles. The van der Waals surface area contributed by atoms with E-state index in [1.165, 1.54) is 6.26 Å². The maximum atomic E-state index is 13.9. The lowest BCUT2D eigenvalue weighted by molar-refractivity contribution is 0.142. The van der Waals surface area contributed by atoms with E-state index in [4.69, 9.17) is 21.1 Å². The van der Waals surface area contributed by atoms with Crippen LogP contribution in [-0.2, 0) is 16.1 Å². The minimum Gasteiger partial charge on any atom is -0.465 e. The zero-order valence-corrected chi connectivity index (χ0v) is 16.3. The Morgan fingerprint density at radius 3 is 2.93 bits per heavy atom. The molecule has 1 aliphatic carbocycles. The number of allylic oxidation sites excluding steroid dienone is 5. The predicted octanol–water partition coefficient (Wildman–Crippen LogP) is 4.58. The highest BCUT2D eigenvalue weighted by Gasteiger charge is 2.22. The topological polar surface area (TPSA) is 85.4 Å². The van der Waals surface area contributed by atoms with Gasteiger partial charge in [-0.15, -0.1) is 0 Å². The number of benzene rings is 1. The van der Waals surface area contributed by atoms with Crippen molar-refractivity contribution in [2.75, 3.05) is 5.32 Å². The van der Waals surface area contributed by atoms with Crippen molar-refractivity contribution in [2.24, 2.45) is 0 Å². The number of alkyl carbamates (subject to hydrolysis) is 1. The number of anilines is 1. The Morgan fingerprint density at radius 2 is 2.10 bits per heavy atom. The zero-order chi connectivity index (χ0) is 20.9. The van der Waals surface area contributed by atoms with Crippen molar-refractivity contribution >= 4 is 23.5 Å². The number of halogens is 2. The summed E-state index contributed by atoms with van der Waals surface area (Å²) in [6.45, 7) is 0.151. The second-order valence-electron chi connectivity index (χ2n) is 6.36. The second kappa shape index (κ2) is 8.79. The third-order valence-corrected chi connectivity index (χ3v) is 4.48. The van der Waals surface area contributed by atoms with E-state index >= 15 is 0 Å². The van der Waals surface area contributed by atoms with Crippen LogP contribution < -0.4 is 10.6 Å². The molecule has 30 heavy (non-hydrogen) atoms. The molecule has 7 nitrogen and oxygen atoms in total. The summed E-state index contributed by atoms with van der Waals surface area (Å²) in [6.07, 6.45) is 7.28. The molecule has 1 aromatic heterocycles. The van der Waals surface area contributed by atoms with Crippen molar-refractivity contribution in [3.05, 3.63) is 100 Å². The lowest BCUT2D eigenvalue weighted by atomic mass is 9.99. The summed E-state index contributed by atoms with van der Waals surface area (Å²) < 4.78 is 24.7. The Hall–Kier alpha value is -3.65. The Labute approximate surface area is 176 Å². The minimum atomic E-state index is -0.633. The van der Waals surface area contributed by atoms with Crippen molar-refractivity contribution in [1.29, 1.82) is 0 Å². The highest BCUT2D eigenvalue weighted by Crippen LogP contribution is 2.31. The summed E-state index contributed by atoms with van der Waals surface area (Å²) >= 11 is 5.74. The maximum absolute atomic E-state index is 13.9. The zero-order valence-electron chi connectivity index (χ0n) is 15.6. The molecule has 0 bridgehead atoms. The molecule has 0 saturated carbocycles. The Balaban J connectivity index is 1.45. The number of hydrogen-bond donors (Lipinski definition) is 2. The van der Waals surface area contributed by atoms with Crippen LogP contribution in [0.2, 0.25) is 5.28 Å². The van der Waals surface area contributed by atoms with E-state index in [0.717, 1.165) is 11.8 Å². The fraction of sp³-hybridized carbons (Fsp3) is 0.0952. The van der Waals surface area contributed by atoms with Crippen LogP contribution in [0.3, 0.4) is 0 Å². The van der Waals surface area contributed by atoms with Crippen LogP contribution in [-0.4, -0.2) is 16.1 Å². The van der Waals surface area contributed by atoms with Crippen molar-refractivity contribution in [2.45, 2.75) is 13.0 Å². The average molecular weight is 427 g/mol. The van der Waals surface area contributed by atoms with Crippen LogP contribution in [0.1, 0.15) is 12.0 Å². The van der Waals surface area contributed by atoms with Gasteiger partial charge >= 0.3 is 6.09 Å². The molecule has 4 rings (SSSR count). The number of nitrogens with one attached hydrogen (secondary N) is 2. The number of aromatic nitrogens is 2. The summed E-state index contributed by atoms with van der Waals surface area (Å²) in [5.41, 5.74) is 2.75. The Morgan fingerprint density at radius 1 is 1.27 bits per heavy atom. The van der Waals surface area contributed by atoms with E-state index in [1.807, 2.05) is 30.3 Å². The molecule has 0 saturated heterocycles. The quantitative estimate of drug-likeness (QED) is 0.681. The first-order valence-electron chi connectivity index (χ1n) is 8.99. The Bertz CT molecular complexity index is 1100. The van der Waals surface area contributed by atoms with Gasteiger partial charge < -0.3 is 14.8 Å². The summed E-state index contributed by atoms with van der Waals surface area (Å²) in [5, 5.41) is 5.55. The molecule has 9 heteroatoms. The van der Waals surface area contributed by atoms with Gasteiger partial charge in [0.05, 0.1) is 18.2 Å². The fourth-order valence-corrected chi connectivity index (χ4v) is 3.02. The molecular formula is C21H16ClFN4O3. The number of rotatable bonds is 5. The highest BCUT2D eigenvalue weighted by molar-refractivity contribution is 6.28.